The Hall–Kier alpha value is -2.46. The molecular formula is C9H11N3O7. The third-order valence-corrected chi connectivity index (χ3v) is 2.15. The summed E-state index contributed by atoms with van der Waals surface area (Å²) in [4.78, 5) is 47.4. The standard InChI is InChI=1S/C9H11N3O7/c13-4(14)2-10-1-3-5(6(15)8(17)18)7(16)12-9(19)11-3/h6,10,15H,1-2H2,(H,13,14)(H,17,18)(H2,11,12,16,19). The molecule has 0 bridgehead atoms. The highest BCUT2D eigenvalue weighted by Gasteiger charge is 2.24. The molecule has 1 heterocycles. The first kappa shape index (κ1) is 14.6. The fraction of sp³-hybridized carbons (Fsp3) is 0.333. The van der Waals surface area contributed by atoms with Crippen LogP contribution in [0, 0.1) is 0 Å². The van der Waals surface area contributed by atoms with E-state index in [2.05, 4.69) is 10.3 Å². The van der Waals surface area contributed by atoms with Crippen LogP contribution in [0.3, 0.4) is 0 Å². The summed E-state index contributed by atoms with van der Waals surface area (Å²) in [6.45, 7) is -0.747. The highest BCUT2D eigenvalue weighted by molar-refractivity contribution is 5.74. The van der Waals surface area contributed by atoms with E-state index in [1.165, 1.54) is 0 Å². The number of aliphatic carboxylic acids is 2. The summed E-state index contributed by atoms with van der Waals surface area (Å²) in [6.07, 6.45) is -2.12. The van der Waals surface area contributed by atoms with Crippen molar-refractivity contribution in [2.75, 3.05) is 6.54 Å². The lowest BCUT2D eigenvalue weighted by atomic mass is 10.1. The Balaban J connectivity index is 3.13. The van der Waals surface area contributed by atoms with E-state index < -0.39 is 41.4 Å². The highest BCUT2D eigenvalue weighted by atomic mass is 16.4. The molecule has 10 nitrogen and oxygen atoms in total. The van der Waals surface area contributed by atoms with Crippen LogP contribution in [0.4, 0.5) is 0 Å². The normalized spacial score (nSPS) is 12.1. The molecule has 0 aliphatic rings. The summed E-state index contributed by atoms with van der Waals surface area (Å²) in [5.74, 6) is -2.84. The first-order valence-corrected chi connectivity index (χ1v) is 5.01. The smallest absolute Gasteiger partial charge is 0.337 e. The van der Waals surface area contributed by atoms with E-state index in [9.17, 15) is 24.3 Å². The predicted molar refractivity (Wildman–Crippen MR) is 59.6 cm³/mol. The second-order valence-electron chi connectivity index (χ2n) is 3.54. The van der Waals surface area contributed by atoms with Crippen molar-refractivity contribution in [3.63, 3.8) is 0 Å². The summed E-state index contributed by atoms with van der Waals surface area (Å²) >= 11 is 0. The molecule has 10 heteroatoms. The minimum absolute atomic E-state index is 0.190. The van der Waals surface area contributed by atoms with Gasteiger partial charge in [0, 0.05) is 12.2 Å². The van der Waals surface area contributed by atoms with Gasteiger partial charge in [0.05, 0.1) is 12.1 Å². The molecule has 6 N–H and O–H groups in total. The number of carboxylic acid groups (broad SMARTS) is 2. The first-order valence-electron chi connectivity index (χ1n) is 5.01. The molecule has 0 aliphatic heterocycles. The number of aromatic nitrogens is 2. The van der Waals surface area contributed by atoms with Crippen molar-refractivity contribution in [2.45, 2.75) is 12.6 Å². The maximum absolute atomic E-state index is 11.5. The number of rotatable bonds is 6. The largest absolute Gasteiger partial charge is 0.480 e. The molecule has 1 rings (SSSR count). The van der Waals surface area contributed by atoms with Gasteiger partial charge in [-0.1, -0.05) is 0 Å². The number of aliphatic hydroxyl groups is 1. The average molecular weight is 273 g/mol. The third kappa shape index (κ3) is 3.76. The molecule has 0 saturated carbocycles. The number of aromatic amines is 2. The van der Waals surface area contributed by atoms with Gasteiger partial charge in [-0.15, -0.1) is 0 Å². The molecule has 0 saturated heterocycles. The van der Waals surface area contributed by atoms with Crippen LogP contribution < -0.4 is 16.6 Å². The predicted octanol–water partition coefficient (Wildman–Crippen LogP) is -2.64. The zero-order chi connectivity index (χ0) is 14.6. The lowest BCUT2D eigenvalue weighted by Gasteiger charge is -2.10. The van der Waals surface area contributed by atoms with Gasteiger partial charge in [0.15, 0.2) is 6.10 Å². The summed E-state index contributed by atoms with van der Waals surface area (Å²) in [5.41, 5.74) is -2.68. The fourth-order valence-corrected chi connectivity index (χ4v) is 1.39. The van der Waals surface area contributed by atoms with Crippen LogP contribution in [0.1, 0.15) is 17.4 Å². The zero-order valence-corrected chi connectivity index (χ0v) is 9.47. The van der Waals surface area contributed by atoms with Crippen LogP contribution in [0.2, 0.25) is 0 Å². The summed E-state index contributed by atoms with van der Waals surface area (Å²) in [7, 11) is 0. The molecule has 1 unspecified atom stereocenters. The summed E-state index contributed by atoms with van der Waals surface area (Å²) < 4.78 is 0. The van der Waals surface area contributed by atoms with Gasteiger partial charge < -0.3 is 25.6 Å². The van der Waals surface area contributed by atoms with E-state index in [4.69, 9.17) is 10.2 Å². The number of aliphatic hydroxyl groups excluding tert-OH is 1. The van der Waals surface area contributed by atoms with Gasteiger partial charge in [-0.05, 0) is 0 Å². The molecule has 0 fully saturated rings. The van der Waals surface area contributed by atoms with Gasteiger partial charge >= 0.3 is 17.6 Å². The molecule has 0 aromatic carbocycles. The summed E-state index contributed by atoms with van der Waals surface area (Å²) in [6, 6.07) is 0. The lowest BCUT2D eigenvalue weighted by molar-refractivity contribution is -0.147. The monoisotopic (exact) mass is 273 g/mol. The maximum atomic E-state index is 11.5. The van der Waals surface area contributed by atoms with Crippen molar-refractivity contribution < 1.29 is 24.9 Å². The van der Waals surface area contributed by atoms with Crippen molar-refractivity contribution in [1.82, 2.24) is 15.3 Å². The molecule has 19 heavy (non-hydrogen) atoms. The number of nitrogens with one attached hydrogen (secondary N) is 3. The Kier molecular flexibility index (Phi) is 4.56. The molecule has 1 atom stereocenters. The molecule has 1 aromatic rings. The quantitative estimate of drug-likeness (QED) is 0.326. The zero-order valence-electron chi connectivity index (χ0n) is 9.47. The van der Waals surface area contributed by atoms with Gasteiger partial charge in [-0.2, -0.15) is 0 Å². The summed E-state index contributed by atoms with van der Waals surface area (Å²) in [5, 5.41) is 28.8. The molecule has 0 amide bonds. The third-order valence-electron chi connectivity index (χ3n) is 2.15. The van der Waals surface area contributed by atoms with E-state index in [0.717, 1.165) is 0 Å². The van der Waals surface area contributed by atoms with E-state index >= 15 is 0 Å². The van der Waals surface area contributed by atoms with Gasteiger partial charge in [-0.25, -0.2) is 9.59 Å². The van der Waals surface area contributed by atoms with Crippen molar-refractivity contribution >= 4 is 11.9 Å². The highest BCUT2D eigenvalue weighted by Crippen LogP contribution is 2.10. The van der Waals surface area contributed by atoms with Gasteiger partial charge in [0.2, 0.25) is 0 Å². The minimum Gasteiger partial charge on any atom is -0.480 e. The number of carboxylic acids is 2. The van der Waals surface area contributed by atoms with E-state index in [1.54, 1.807) is 4.98 Å². The molecule has 104 valence electrons. The van der Waals surface area contributed by atoms with Gasteiger partial charge in [0.25, 0.3) is 5.56 Å². The first-order chi connectivity index (χ1) is 8.82. The van der Waals surface area contributed by atoms with Crippen molar-refractivity contribution in [3.8, 4) is 0 Å². The van der Waals surface area contributed by atoms with Crippen molar-refractivity contribution in [2.24, 2.45) is 0 Å². The molecule has 0 aliphatic carbocycles. The van der Waals surface area contributed by atoms with E-state index in [1.807, 2.05) is 0 Å². The SMILES string of the molecule is O=C(O)CNCc1[nH]c(=O)[nH]c(=O)c1C(O)C(=O)O. The van der Waals surface area contributed by atoms with Crippen LogP contribution in [0.5, 0.6) is 0 Å². The van der Waals surface area contributed by atoms with Gasteiger partial charge in [0.1, 0.15) is 0 Å². The Morgan fingerprint density at radius 2 is 1.84 bits per heavy atom. The number of hydrogen-bond donors (Lipinski definition) is 6. The van der Waals surface area contributed by atoms with Crippen molar-refractivity contribution in [1.29, 1.82) is 0 Å². The number of carbonyl (C=O) groups is 2. The van der Waals surface area contributed by atoms with Crippen LogP contribution >= 0.6 is 0 Å². The van der Waals surface area contributed by atoms with Crippen molar-refractivity contribution in [3.05, 3.63) is 32.1 Å². The van der Waals surface area contributed by atoms with E-state index in [0.29, 0.717) is 0 Å². The Morgan fingerprint density at radius 1 is 1.21 bits per heavy atom. The number of hydrogen-bond acceptors (Lipinski definition) is 6. The second-order valence-corrected chi connectivity index (χ2v) is 3.54. The molecule has 0 radical (unpaired) electrons. The molecule has 0 spiro atoms. The van der Waals surface area contributed by atoms with Crippen LogP contribution in [-0.2, 0) is 16.1 Å². The van der Waals surface area contributed by atoms with Gasteiger partial charge in [-0.3, -0.25) is 14.6 Å². The average Bonchev–Trinajstić information content (AvgIpc) is 2.26. The van der Waals surface area contributed by atoms with Crippen LogP contribution in [0.25, 0.3) is 0 Å². The van der Waals surface area contributed by atoms with Crippen LogP contribution in [0.15, 0.2) is 9.59 Å². The second kappa shape index (κ2) is 5.93. The van der Waals surface area contributed by atoms with E-state index in [-0.39, 0.29) is 12.2 Å². The maximum Gasteiger partial charge on any atom is 0.337 e. The minimum atomic E-state index is -2.12. The lowest BCUT2D eigenvalue weighted by Crippen LogP contribution is -2.34. The molecular weight excluding hydrogens is 262 g/mol. The Bertz CT molecular complexity index is 603. The van der Waals surface area contributed by atoms with Crippen LogP contribution in [-0.4, -0.2) is 43.8 Å². The molecule has 1 aromatic heterocycles. The fourth-order valence-electron chi connectivity index (χ4n) is 1.39. The Labute approximate surface area is 104 Å². The topological polar surface area (TPSA) is 173 Å². The number of H-pyrrole nitrogens is 2. The Morgan fingerprint density at radius 3 is 2.37 bits per heavy atom.